The molecule has 6 nitrogen and oxygen atoms in total. The minimum absolute atomic E-state index is 0.266. The van der Waals surface area contributed by atoms with Gasteiger partial charge in [-0.05, 0) is 31.6 Å². The lowest BCUT2D eigenvalue weighted by Crippen LogP contribution is -2.03. The van der Waals surface area contributed by atoms with Gasteiger partial charge in [-0.2, -0.15) is 4.89 Å². The Morgan fingerprint density at radius 3 is 2.32 bits per heavy atom. The summed E-state index contributed by atoms with van der Waals surface area (Å²) in [5.41, 5.74) is 0. The Hall–Kier alpha value is -0.300. The molecule has 0 saturated carbocycles. The molecule has 112 valence electrons. The van der Waals surface area contributed by atoms with E-state index in [1.807, 2.05) is 0 Å². The number of rotatable bonds is 11. The van der Waals surface area contributed by atoms with E-state index in [9.17, 15) is 4.79 Å². The van der Waals surface area contributed by atoms with Crippen LogP contribution in [0.3, 0.4) is 0 Å². The third kappa shape index (κ3) is 15.6. The first-order chi connectivity index (χ1) is 8.95. The molecule has 0 heterocycles. The third-order valence-corrected chi connectivity index (χ3v) is 2.91. The number of allylic oxidation sites excluding steroid dienone is 1. The fourth-order valence-corrected chi connectivity index (χ4v) is 1.83. The quantitative estimate of drug-likeness (QED) is 0.199. The first-order valence-corrected chi connectivity index (χ1v) is 8.74. The van der Waals surface area contributed by atoms with Crippen LogP contribution in [0.2, 0.25) is 0 Å². The summed E-state index contributed by atoms with van der Waals surface area (Å²) in [6.45, 7) is -1.14. The molecule has 0 aromatic carbocycles. The summed E-state index contributed by atoms with van der Waals surface area (Å²) >= 11 is 4.31. The Kier molecular flexibility index (Phi) is 11.3. The number of carbonyl (C=O) groups excluding carboxylic acids is 1. The van der Waals surface area contributed by atoms with Gasteiger partial charge in [-0.25, -0.2) is 4.79 Å². The van der Waals surface area contributed by atoms with Crippen LogP contribution in [0, 0.1) is 0 Å². The van der Waals surface area contributed by atoms with E-state index < -0.39 is 12.7 Å². The van der Waals surface area contributed by atoms with Crippen LogP contribution in [0.5, 0.6) is 0 Å². The monoisotopic (exact) mass is 312 g/mol. The molecule has 0 atom stereocenters. The van der Waals surface area contributed by atoms with Crippen molar-refractivity contribution >= 4 is 24.5 Å². The van der Waals surface area contributed by atoms with Crippen molar-refractivity contribution in [3.8, 4) is 0 Å². The average molecular weight is 312 g/mol. The summed E-state index contributed by atoms with van der Waals surface area (Å²) in [6.07, 6.45) is 7.20. The van der Waals surface area contributed by atoms with Crippen LogP contribution in [-0.4, -0.2) is 29.0 Å². The van der Waals surface area contributed by atoms with Crippen LogP contribution in [0.15, 0.2) is 12.2 Å². The average Bonchev–Trinajstić information content (AvgIpc) is 2.30. The Morgan fingerprint density at radius 1 is 1.16 bits per heavy atom. The Morgan fingerprint density at radius 2 is 1.74 bits per heavy atom. The molecule has 0 bridgehead atoms. The first-order valence-electron chi connectivity index (χ1n) is 6.12. The molecule has 19 heavy (non-hydrogen) atoms. The van der Waals surface area contributed by atoms with Gasteiger partial charge in [0.15, 0.2) is 0 Å². The largest absolute Gasteiger partial charge is 0.365 e. The smallest absolute Gasteiger partial charge is 0.325 e. The highest BCUT2D eigenvalue weighted by molar-refractivity contribution is 8.06. The maximum Gasteiger partial charge on any atom is 0.365 e. The van der Waals surface area contributed by atoms with Crippen LogP contribution in [-0.2, 0) is 30.9 Å². The van der Waals surface area contributed by atoms with Crippen molar-refractivity contribution in [1.29, 1.82) is 0 Å². The lowest BCUT2D eigenvalue weighted by Gasteiger charge is -2.07. The van der Waals surface area contributed by atoms with Crippen LogP contribution < -0.4 is 0 Å². The van der Waals surface area contributed by atoms with Crippen molar-refractivity contribution in [3.05, 3.63) is 12.2 Å². The second kappa shape index (κ2) is 11.5. The molecule has 0 saturated heterocycles. The van der Waals surface area contributed by atoms with Crippen molar-refractivity contribution in [2.45, 2.75) is 39.0 Å². The zero-order valence-corrected chi connectivity index (χ0v) is 12.7. The molecule has 0 spiro atoms. The Labute approximate surface area is 118 Å². The maximum absolute atomic E-state index is 10.8. The fourth-order valence-electron chi connectivity index (χ4n) is 1.24. The lowest BCUT2D eigenvalue weighted by molar-refractivity contribution is -0.267. The van der Waals surface area contributed by atoms with Gasteiger partial charge in [0.2, 0.25) is 0 Å². The van der Waals surface area contributed by atoms with Gasteiger partial charge < -0.3 is 14.3 Å². The van der Waals surface area contributed by atoms with Crippen molar-refractivity contribution in [1.82, 2.24) is 0 Å². The van der Waals surface area contributed by atoms with E-state index >= 15 is 0 Å². The molecule has 8 heteroatoms. The molecule has 0 aliphatic heterocycles. The van der Waals surface area contributed by atoms with E-state index in [0.29, 0.717) is 6.61 Å². The molecular weight excluding hydrogens is 291 g/mol. The van der Waals surface area contributed by atoms with Gasteiger partial charge in [-0.1, -0.05) is 25.3 Å². The molecule has 0 aromatic heterocycles. The van der Waals surface area contributed by atoms with Gasteiger partial charge in [-0.15, -0.1) is 0 Å². The van der Waals surface area contributed by atoms with E-state index in [4.69, 9.17) is 14.7 Å². The third-order valence-electron chi connectivity index (χ3n) is 2.08. The summed E-state index contributed by atoms with van der Waals surface area (Å²) in [5.74, 6) is -0.511. The van der Waals surface area contributed by atoms with Crippen LogP contribution in [0.1, 0.15) is 39.0 Å². The minimum Gasteiger partial charge on any atom is -0.325 e. The Balaban J connectivity index is 3.19. The predicted octanol–water partition coefficient (Wildman–Crippen LogP) is 2.21. The summed E-state index contributed by atoms with van der Waals surface area (Å²) in [6, 6.07) is 0. The molecular formula is C11H21O6PS. The van der Waals surface area contributed by atoms with Crippen molar-refractivity contribution in [2.75, 3.05) is 13.2 Å². The molecule has 2 N–H and O–H groups in total. The first kappa shape index (κ1) is 18.7. The summed E-state index contributed by atoms with van der Waals surface area (Å²) in [7, 11) is 0. The van der Waals surface area contributed by atoms with E-state index in [2.05, 4.69) is 21.2 Å². The van der Waals surface area contributed by atoms with Crippen LogP contribution in [0.4, 0.5) is 0 Å². The van der Waals surface area contributed by atoms with Gasteiger partial charge in [0.25, 0.3) is 0 Å². The highest BCUT2D eigenvalue weighted by atomic mass is 32.5. The second-order valence-electron chi connectivity index (χ2n) is 3.82. The lowest BCUT2D eigenvalue weighted by atomic mass is 10.1. The van der Waals surface area contributed by atoms with E-state index in [-0.39, 0.29) is 6.61 Å². The number of unbranched alkanes of at least 4 members (excludes halogenated alkanes) is 4. The molecule has 0 aliphatic rings. The van der Waals surface area contributed by atoms with E-state index in [1.54, 1.807) is 13.0 Å². The molecule has 0 rings (SSSR count). The van der Waals surface area contributed by atoms with Crippen molar-refractivity contribution in [2.24, 2.45) is 0 Å². The SMILES string of the molecule is CC=CC(=O)OOCCCCCCCOP(O)(O)=S. The van der Waals surface area contributed by atoms with Gasteiger partial charge in [0.05, 0.1) is 13.2 Å². The topological polar surface area (TPSA) is 85.2 Å². The highest BCUT2D eigenvalue weighted by Crippen LogP contribution is 2.36. The fraction of sp³-hybridized carbons (Fsp3) is 0.727. The summed E-state index contributed by atoms with van der Waals surface area (Å²) < 4.78 is 4.67. The predicted molar refractivity (Wildman–Crippen MR) is 74.6 cm³/mol. The Bertz CT molecular complexity index is 314. The molecule has 0 fully saturated rings. The van der Waals surface area contributed by atoms with Gasteiger partial charge in [0, 0.05) is 6.08 Å². The minimum atomic E-state index is -3.49. The van der Waals surface area contributed by atoms with Crippen molar-refractivity contribution < 1.29 is 28.9 Å². The highest BCUT2D eigenvalue weighted by Gasteiger charge is 2.06. The molecule has 0 aromatic rings. The van der Waals surface area contributed by atoms with Crippen molar-refractivity contribution in [3.63, 3.8) is 0 Å². The second-order valence-corrected chi connectivity index (χ2v) is 6.48. The van der Waals surface area contributed by atoms with Crippen LogP contribution >= 0.6 is 6.72 Å². The summed E-state index contributed by atoms with van der Waals surface area (Å²) in [4.78, 5) is 37.6. The molecule has 0 unspecified atom stereocenters. The van der Waals surface area contributed by atoms with E-state index in [0.717, 1.165) is 32.1 Å². The normalized spacial score (nSPS) is 11.9. The zero-order chi connectivity index (χ0) is 14.6. The number of carbonyl (C=O) groups is 1. The van der Waals surface area contributed by atoms with Gasteiger partial charge in [0.1, 0.15) is 0 Å². The molecule has 0 radical (unpaired) electrons. The standard InChI is InChI=1S/C11H21O6PS/c1-2-8-11(12)17-15-9-6-4-3-5-7-10-16-18(13,14)19/h2,8H,3-7,9-10H2,1H3,(H2,13,14,19). The van der Waals surface area contributed by atoms with Gasteiger partial charge >= 0.3 is 12.7 Å². The number of hydrogen-bond acceptors (Lipinski definition) is 5. The molecule has 0 amide bonds. The maximum atomic E-state index is 10.8. The zero-order valence-electron chi connectivity index (χ0n) is 11.0. The van der Waals surface area contributed by atoms with E-state index in [1.165, 1.54) is 6.08 Å². The van der Waals surface area contributed by atoms with Gasteiger partial charge in [-0.3, -0.25) is 4.89 Å². The van der Waals surface area contributed by atoms with Crippen LogP contribution in [0.25, 0.3) is 0 Å². The molecule has 0 aliphatic carbocycles. The summed E-state index contributed by atoms with van der Waals surface area (Å²) in [5, 5.41) is 0. The number of hydrogen-bond donors (Lipinski definition) is 2.